The van der Waals surface area contributed by atoms with E-state index in [2.05, 4.69) is 30.2 Å². The van der Waals surface area contributed by atoms with Gasteiger partial charge in [0.25, 0.3) is 0 Å². The quantitative estimate of drug-likeness (QED) is 0.735. The molecule has 0 saturated heterocycles. The standard InChI is InChI=1S/C15H26N2O2/c1-11(2)16-10-14-8-13(5)17-15(9-14)19-7-6-18-12(3)4/h8-9,11-12,16H,6-7,10H2,1-5H3. The van der Waals surface area contributed by atoms with Crippen molar-refractivity contribution < 1.29 is 9.47 Å². The van der Waals surface area contributed by atoms with E-state index in [-0.39, 0.29) is 6.10 Å². The van der Waals surface area contributed by atoms with Crippen molar-refractivity contribution in [2.24, 2.45) is 0 Å². The van der Waals surface area contributed by atoms with Crippen LogP contribution in [0, 0.1) is 6.92 Å². The van der Waals surface area contributed by atoms with Crippen molar-refractivity contribution in [3.8, 4) is 5.88 Å². The fraction of sp³-hybridized carbons (Fsp3) is 0.667. The zero-order chi connectivity index (χ0) is 14.3. The second kappa shape index (κ2) is 8.12. The molecule has 4 nitrogen and oxygen atoms in total. The molecule has 0 saturated carbocycles. The fourth-order valence-electron chi connectivity index (χ4n) is 1.63. The van der Waals surface area contributed by atoms with Gasteiger partial charge in [-0.3, -0.25) is 0 Å². The van der Waals surface area contributed by atoms with Crippen LogP contribution >= 0.6 is 0 Å². The van der Waals surface area contributed by atoms with Crippen LogP contribution in [0.5, 0.6) is 5.88 Å². The molecule has 19 heavy (non-hydrogen) atoms. The molecular weight excluding hydrogens is 240 g/mol. The molecule has 1 rings (SSSR count). The molecule has 0 atom stereocenters. The number of rotatable bonds is 8. The lowest BCUT2D eigenvalue weighted by Gasteiger charge is -2.12. The molecule has 1 N–H and O–H groups in total. The van der Waals surface area contributed by atoms with Crippen molar-refractivity contribution in [1.82, 2.24) is 10.3 Å². The molecule has 0 aliphatic heterocycles. The van der Waals surface area contributed by atoms with Gasteiger partial charge >= 0.3 is 0 Å². The van der Waals surface area contributed by atoms with Crippen molar-refractivity contribution in [3.63, 3.8) is 0 Å². The molecule has 0 aliphatic carbocycles. The Morgan fingerprint density at radius 1 is 1.16 bits per heavy atom. The molecule has 0 aliphatic rings. The monoisotopic (exact) mass is 266 g/mol. The van der Waals surface area contributed by atoms with E-state index in [0.29, 0.717) is 25.1 Å². The van der Waals surface area contributed by atoms with Gasteiger partial charge in [-0.25, -0.2) is 4.98 Å². The van der Waals surface area contributed by atoms with Crippen LogP contribution in [0.4, 0.5) is 0 Å². The Hall–Kier alpha value is -1.13. The maximum Gasteiger partial charge on any atom is 0.213 e. The second-order valence-corrected chi connectivity index (χ2v) is 5.26. The lowest BCUT2D eigenvalue weighted by atomic mass is 10.2. The summed E-state index contributed by atoms with van der Waals surface area (Å²) in [6.45, 7) is 12.2. The molecule has 4 heteroatoms. The number of pyridine rings is 1. The first-order chi connectivity index (χ1) is 8.97. The highest BCUT2D eigenvalue weighted by molar-refractivity contribution is 5.24. The topological polar surface area (TPSA) is 43.4 Å². The number of aryl methyl sites for hydroxylation is 1. The molecule has 0 fully saturated rings. The largest absolute Gasteiger partial charge is 0.475 e. The van der Waals surface area contributed by atoms with Crippen molar-refractivity contribution in [2.45, 2.75) is 53.3 Å². The molecule has 0 radical (unpaired) electrons. The van der Waals surface area contributed by atoms with Gasteiger partial charge in [0, 0.05) is 24.3 Å². The maximum atomic E-state index is 5.62. The van der Waals surface area contributed by atoms with Crippen LogP contribution in [0.15, 0.2) is 12.1 Å². The van der Waals surface area contributed by atoms with Gasteiger partial charge in [-0.2, -0.15) is 0 Å². The molecule has 1 heterocycles. The number of aromatic nitrogens is 1. The average molecular weight is 266 g/mol. The van der Waals surface area contributed by atoms with E-state index in [4.69, 9.17) is 9.47 Å². The Morgan fingerprint density at radius 3 is 2.53 bits per heavy atom. The van der Waals surface area contributed by atoms with Crippen molar-refractivity contribution in [2.75, 3.05) is 13.2 Å². The molecule has 0 unspecified atom stereocenters. The van der Waals surface area contributed by atoms with Crippen molar-refractivity contribution in [3.05, 3.63) is 23.4 Å². The summed E-state index contributed by atoms with van der Waals surface area (Å²) in [5, 5.41) is 3.39. The number of nitrogens with zero attached hydrogens (tertiary/aromatic N) is 1. The van der Waals surface area contributed by atoms with Gasteiger partial charge in [0.15, 0.2) is 0 Å². The van der Waals surface area contributed by atoms with Gasteiger partial charge in [-0.15, -0.1) is 0 Å². The van der Waals surface area contributed by atoms with Gasteiger partial charge in [0.1, 0.15) is 6.61 Å². The van der Waals surface area contributed by atoms with Crippen LogP contribution in [0.3, 0.4) is 0 Å². The molecule has 108 valence electrons. The Balaban J connectivity index is 2.48. The Morgan fingerprint density at radius 2 is 1.89 bits per heavy atom. The molecular formula is C15H26N2O2. The van der Waals surface area contributed by atoms with Crippen molar-refractivity contribution >= 4 is 0 Å². The second-order valence-electron chi connectivity index (χ2n) is 5.26. The summed E-state index contributed by atoms with van der Waals surface area (Å²) in [7, 11) is 0. The highest BCUT2D eigenvalue weighted by atomic mass is 16.5. The third kappa shape index (κ3) is 7.13. The average Bonchev–Trinajstić information content (AvgIpc) is 2.31. The van der Waals surface area contributed by atoms with E-state index < -0.39 is 0 Å². The summed E-state index contributed by atoms with van der Waals surface area (Å²) < 4.78 is 11.1. The van der Waals surface area contributed by atoms with E-state index in [9.17, 15) is 0 Å². The highest BCUT2D eigenvalue weighted by Crippen LogP contribution is 2.12. The first-order valence-corrected chi connectivity index (χ1v) is 6.92. The lowest BCUT2D eigenvalue weighted by molar-refractivity contribution is 0.0542. The molecule has 0 spiro atoms. The lowest BCUT2D eigenvalue weighted by Crippen LogP contribution is -2.22. The fourth-order valence-corrected chi connectivity index (χ4v) is 1.63. The third-order valence-electron chi connectivity index (χ3n) is 2.49. The minimum absolute atomic E-state index is 0.236. The SMILES string of the molecule is Cc1cc(CNC(C)C)cc(OCCOC(C)C)n1. The van der Waals surface area contributed by atoms with E-state index in [1.165, 1.54) is 5.56 Å². The van der Waals surface area contributed by atoms with Crippen LogP contribution in [0.1, 0.15) is 39.0 Å². The van der Waals surface area contributed by atoms with Gasteiger partial charge in [-0.1, -0.05) is 13.8 Å². The number of ether oxygens (including phenoxy) is 2. The van der Waals surface area contributed by atoms with Gasteiger partial charge in [-0.05, 0) is 32.4 Å². The smallest absolute Gasteiger partial charge is 0.213 e. The third-order valence-corrected chi connectivity index (χ3v) is 2.49. The number of hydrogen-bond donors (Lipinski definition) is 1. The molecule has 0 amide bonds. The van der Waals surface area contributed by atoms with Gasteiger partial charge < -0.3 is 14.8 Å². The Bertz CT molecular complexity index is 378. The minimum Gasteiger partial charge on any atom is -0.475 e. The van der Waals surface area contributed by atoms with Crippen LogP contribution in [0.2, 0.25) is 0 Å². The molecule has 0 aromatic carbocycles. The zero-order valence-corrected chi connectivity index (χ0v) is 12.7. The summed E-state index contributed by atoms with van der Waals surface area (Å²) in [5.41, 5.74) is 2.17. The van der Waals surface area contributed by atoms with E-state index >= 15 is 0 Å². The molecule has 0 bridgehead atoms. The maximum absolute atomic E-state index is 5.62. The Kier molecular flexibility index (Phi) is 6.81. The first-order valence-electron chi connectivity index (χ1n) is 6.92. The first kappa shape index (κ1) is 15.9. The predicted molar refractivity (Wildman–Crippen MR) is 77.5 cm³/mol. The zero-order valence-electron chi connectivity index (χ0n) is 12.7. The van der Waals surface area contributed by atoms with Crippen LogP contribution in [-0.2, 0) is 11.3 Å². The predicted octanol–water partition coefficient (Wildman–Crippen LogP) is 2.69. The summed E-state index contributed by atoms with van der Waals surface area (Å²) in [5.74, 6) is 0.674. The van der Waals surface area contributed by atoms with E-state index in [1.807, 2.05) is 26.8 Å². The summed E-state index contributed by atoms with van der Waals surface area (Å²) in [6.07, 6.45) is 0.236. The summed E-state index contributed by atoms with van der Waals surface area (Å²) >= 11 is 0. The minimum atomic E-state index is 0.236. The van der Waals surface area contributed by atoms with Gasteiger partial charge in [0.2, 0.25) is 5.88 Å². The number of hydrogen-bond acceptors (Lipinski definition) is 4. The Labute approximate surface area is 116 Å². The van der Waals surface area contributed by atoms with E-state index in [1.54, 1.807) is 0 Å². The van der Waals surface area contributed by atoms with Crippen LogP contribution < -0.4 is 10.1 Å². The molecule has 1 aromatic rings. The molecule has 1 aromatic heterocycles. The number of nitrogens with one attached hydrogen (secondary N) is 1. The van der Waals surface area contributed by atoms with Crippen LogP contribution in [-0.4, -0.2) is 30.3 Å². The normalized spacial score (nSPS) is 11.3. The van der Waals surface area contributed by atoms with Crippen LogP contribution in [0.25, 0.3) is 0 Å². The van der Waals surface area contributed by atoms with Crippen molar-refractivity contribution in [1.29, 1.82) is 0 Å². The summed E-state index contributed by atoms with van der Waals surface area (Å²) in [4.78, 5) is 4.37. The van der Waals surface area contributed by atoms with E-state index in [0.717, 1.165) is 12.2 Å². The highest BCUT2D eigenvalue weighted by Gasteiger charge is 2.03. The van der Waals surface area contributed by atoms with Gasteiger partial charge in [0.05, 0.1) is 12.7 Å². The summed E-state index contributed by atoms with van der Waals surface area (Å²) in [6, 6.07) is 4.53.